The smallest absolute Gasteiger partial charge is 0.264 e. The minimum atomic E-state index is -0.490. The van der Waals surface area contributed by atoms with Crippen LogP contribution >= 0.6 is 0 Å². The number of hydrogen-bond donors (Lipinski definition) is 3. The van der Waals surface area contributed by atoms with Crippen molar-refractivity contribution in [1.82, 2.24) is 30.5 Å². The predicted octanol–water partition coefficient (Wildman–Crippen LogP) is 0.985. The summed E-state index contributed by atoms with van der Waals surface area (Å²) in [7, 11) is 0. The van der Waals surface area contributed by atoms with Crippen LogP contribution in [0.4, 0.5) is 0 Å². The van der Waals surface area contributed by atoms with Gasteiger partial charge in [0, 0.05) is 5.41 Å². The van der Waals surface area contributed by atoms with Crippen LogP contribution in [0.3, 0.4) is 0 Å². The quantitative estimate of drug-likeness (QED) is 0.781. The van der Waals surface area contributed by atoms with Crippen LogP contribution in [0.2, 0.25) is 0 Å². The molecule has 2 rings (SSSR count). The summed E-state index contributed by atoms with van der Waals surface area (Å²) in [6.45, 7) is 9.22. The molecule has 8 nitrogen and oxygen atoms in total. The first-order valence-electron chi connectivity index (χ1n) is 6.97. The fourth-order valence-corrected chi connectivity index (χ4v) is 1.97. The Hall–Kier alpha value is -2.51. The molecule has 2 aromatic heterocycles. The van der Waals surface area contributed by atoms with Gasteiger partial charge in [-0.3, -0.25) is 14.7 Å². The Balaban J connectivity index is 2.29. The molecule has 0 radical (unpaired) electrons. The molecule has 0 fully saturated rings. The summed E-state index contributed by atoms with van der Waals surface area (Å²) in [5, 5.41) is 9.11. The standard InChI is InChI=1S/C14H20N6O2/c1-7-9(12(22)19-13(18-7)14(3,4)5)11(21)17-8(2)10-15-6-16-20-10/h6,8H,1-5H3,(H,17,21)(H,15,16,20)(H,18,19,22). The molecule has 3 N–H and O–H groups in total. The molecule has 2 aromatic rings. The molecule has 2 heterocycles. The zero-order valence-corrected chi connectivity index (χ0v) is 13.3. The van der Waals surface area contributed by atoms with Gasteiger partial charge < -0.3 is 10.3 Å². The van der Waals surface area contributed by atoms with Crippen molar-refractivity contribution in [3.63, 3.8) is 0 Å². The summed E-state index contributed by atoms with van der Waals surface area (Å²) < 4.78 is 0. The van der Waals surface area contributed by atoms with Crippen molar-refractivity contribution in [2.75, 3.05) is 0 Å². The maximum absolute atomic E-state index is 12.3. The van der Waals surface area contributed by atoms with Crippen molar-refractivity contribution in [3.8, 4) is 0 Å². The number of carbonyl (C=O) groups is 1. The molecule has 0 bridgehead atoms. The number of H-pyrrole nitrogens is 2. The number of amides is 1. The van der Waals surface area contributed by atoms with E-state index in [0.29, 0.717) is 17.3 Å². The number of rotatable bonds is 3. The van der Waals surface area contributed by atoms with Gasteiger partial charge in [-0.05, 0) is 13.8 Å². The molecule has 22 heavy (non-hydrogen) atoms. The molecule has 0 spiro atoms. The fraction of sp³-hybridized carbons (Fsp3) is 0.500. The number of nitrogens with one attached hydrogen (secondary N) is 3. The zero-order chi connectivity index (χ0) is 16.5. The van der Waals surface area contributed by atoms with Crippen molar-refractivity contribution in [3.05, 3.63) is 39.6 Å². The van der Waals surface area contributed by atoms with Crippen LogP contribution in [0.15, 0.2) is 11.1 Å². The van der Waals surface area contributed by atoms with E-state index in [0.717, 1.165) is 0 Å². The largest absolute Gasteiger partial charge is 0.342 e. The second kappa shape index (κ2) is 5.70. The maximum Gasteiger partial charge on any atom is 0.264 e. The highest BCUT2D eigenvalue weighted by Crippen LogP contribution is 2.17. The van der Waals surface area contributed by atoms with Crippen molar-refractivity contribution in [2.24, 2.45) is 0 Å². The molecule has 0 aromatic carbocycles. The molecule has 0 aliphatic rings. The average molecular weight is 304 g/mol. The first-order chi connectivity index (χ1) is 10.2. The molecule has 1 unspecified atom stereocenters. The molecule has 0 aliphatic carbocycles. The van der Waals surface area contributed by atoms with Gasteiger partial charge in [0.25, 0.3) is 11.5 Å². The van der Waals surface area contributed by atoms with E-state index >= 15 is 0 Å². The van der Waals surface area contributed by atoms with Gasteiger partial charge in [0.15, 0.2) is 0 Å². The van der Waals surface area contributed by atoms with E-state index in [-0.39, 0.29) is 11.0 Å². The summed E-state index contributed by atoms with van der Waals surface area (Å²) in [4.78, 5) is 35.5. The SMILES string of the molecule is Cc1nc(C(C)(C)C)[nH]c(=O)c1C(=O)NC(C)c1ncn[nH]1. The molecular weight excluding hydrogens is 284 g/mol. The third-order valence-corrected chi connectivity index (χ3v) is 3.23. The van der Waals surface area contributed by atoms with Gasteiger partial charge in [0.1, 0.15) is 23.5 Å². The second-order valence-corrected chi connectivity index (χ2v) is 6.19. The summed E-state index contributed by atoms with van der Waals surface area (Å²) in [5.41, 5.74) is -0.332. The second-order valence-electron chi connectivity index (χ2n) is 6.19. The van der Waals surface area contributed by atoms with Gasteiger partial charge in [-0.1, -0.05) is 20.8 Å². The van der Waals surface area contributed by atoms with E-state index in [2.05, 4.69) is 30.5 Å². The van der Waals surface area contributed by atoms with Crippen LogP contribution in [0.1, 0.15) is 61.4 Å². The van der Waals surface area contributed by atoms with Gasteiger partial charge >= 0.3 is 0 Å². The van der Waals surface area contributed by atoms with E-state index in [1.54, 1.807) is 13.8 Å². The van der Waals surface area contributed by atoms with E-state index in [4.69, 9.17) is 0 Å². The Morgan fingerprint density at radius 3 is 2.55 bits per heavy atom. The van der Waals surface area contributed by atoms with E-state index in [1.165, 1.54) is 6.33 Å². The monoisotopic (exact) mass is 304 g/mol. The molecule has 8 heteroatoms. The van der Waals surface area contributed by atoms with Crippen LogP contribution < -0.4 is 10.9 Å². The lowest BCUT2D eigenvalue weighted by Gasteiger charge is -2.18. The van der Waals surface area contributed by atoms with Crippen molar-refractivity contribution < 1.29 is 4.79 Å². The zero-order valence-electron chi connectivity index (χ0n) is 13.3. The highest BCUT2D eigenvalue weighted by molar-refractivity contribution is 5.95. The Morgan fingerprint density at radius 2 is 2.05 bits per heavy atom. The molecule has 1 atom stereocenters. The van der Waals surface area contributed by atoms with Crippen LogP contribution in [0.25, 0.3) is 0 Å². The molecule has 118 valence electrons. The summed E-state index contributed by atoms with van der Waals surface area (Å²) in [6, 6.07) is -0.393. The topological polar surface area (TPSA) is 116 Å². The molecule has 1 amide bonds. The third-order valence-electron chi connectivity index (χ3n) is 3.23. The molecule has 0 saturated carbocycles. The minimum Gasteiger partial charge on any atom is -0.342 e. The maximum atomic E-state index is 12.3. The first kappa shape index (κ1) is 15.9. The van der Waals surface area contributed by atoms with E-state index in [9.17, 15) is 9.59 Å². The van der Waals surface area contributed by atoms with E-state index in [1.807, 2.05) is 20.8 Å². The Morgan fingerprint density at radius 1 is 1.36 bits per heavy atom. The Kier molecular flexibility index (Phi) is 4.11. The van der Waals surface area contributed by atoms with Gasteiger partial charge in [0.05, 0.1) is 11.7 Å². The lowest BCUT2D eigenvalue weighted by molar-refractivity contribution is 0.0935. The molecule has 0 saturated heterocycles. The van der Waals surface area contributed by atoms with Gasteiger partial charge in [-0.2, -0.15) is 5.10 Å². The number of carbonyl (C=O) groups excluding carboxylic acids is 1. The summed E-state index contributed by atoms with van der Waals surface area (Å²) in [6.07, 6.45) is 1.36. The highest BCUT2D eigenvalue weighted by atomic mass is 16.2. The molecular formula is C14H20N6O2. The van der Waals surface area contributed by atoms with Crippen molar-refractivity contribution >= 4 is 5.91 Å². The Bertz CT molecular complexity index is 727. The number of aromatic nitrogens is 5. The summed E-state index contributed by atoms with van der Waals surface area (Å²) in [5.74, 6) is 0.576. The van der Waals surface area contributed by atoms with Crippen LogP contribution in [0, 0.1) is 6.92 Å². The summed E-state index contributed by atoms with van der Waals surface area (Å²) >= 11 is 0. The number of aromatic amines is 2. The van der Waals surface area contributed by atoms with E-state index < -0.39 is 17.5 Å². The highest BCUT2D eigenvalue weighted by Gasteiger charge is 2.23. The normalized spacial score (nSPS) is 13.0. The van der Waals surface area contributed by atoms with Gasteiger partial charge in [-0.25, -0.2) is 9.97 Å². The number of nitrogens with zero attached hydrogens (tertiary/aromatic N) is 3. The predicted molar refractivity (Wildman–Crippen MR) is 80.6 cm³/mol. The lowest BCUT2D eigenvalue weighted by Crippen LogP contribution is -2.35. The first-order valence-corrected chi connectivity index (χ1v) is 6.97. The molecule has 0 aliphatic heterocycles. The fourth-order valence-electron chi connectivity index (χ4n) is 1.97. The van der Waals surface area contributed by atoms with Crippen molar-refractivity contribution in [2.45, 2.75) is 46.1 Å². The number of hydrogen-bond acceptors (Lipinski definition) is 5. The minimum absolute atomic E-state index is 0.0133. The average Bonchev–Trinajstić information content (AvgIpc) is 2.90. The van der Waals surface area contributed by atoms with Crippen LogP contribution in [0.5, 0.6) is 0 Å². The van der Waals surface area contributed by atoms with Gasteiger partial charge in [0.2, 0.25) is 0 Å². The number of aryl methyl sites for hydroxylation is 1. The lowest BCUT2D eigenvalue weighted by atomic mass is 9.95. The van der Waals surface area contributed by atoms with Crippen molar-refractivity contribution in [1.29, 1.82) is 0 Å². The Labute approximate surface area is 127 Å². The van der Waals surface area contributed by atoms with Gasteiger partial charge in [-0.15, -0.1) is 0 Å². The van der Waals surface area contributed by atoms with Crippen LogP contribution in [-0.4, -0.2) is 31.1 Å². The third kappa shape index (κ3) is 3.21. The van der Waals surface area contributed by atoms with Crippen LogP contribution in [-0.2, 0) is 5.41 Å².